The number of ether oxygens (including phenoxy) is 1. The van der Waals surface area contributed by atoms with Gasteiger partial charge in [0.05, 0.1) is 0 Å². The minimum atomic E-state index is -0.582. The summed E-state index contributed by atoms with van der Waals surface area (Å²) in [6.07, 6.45) is 1.44. The van der Waals surface area contributed by atoms with Crippen LogP contribution in [0.1, 0.15) is 10.5 Å². The number of amides is 1. The summed E-state index contributed by atoms with van der Waals surface area (Å²) in [7, 11) is 0. The molecule has 1 amide bonds. The molecular weight excluding hydrogens is 285 g/mol. The van der Waals surface area contributed by atoms with Gasteiger partial charge in [0.15, 0.2) is 11.6 Å². The van der Waals surface area contributed by atoms with Gasteiger partial charge in [-0.25, -0.2) is 4.39 Å². The number of hydrogen-bond acceptors (Lipinski definition) is 3. The Morgan fingerprint density at radius 1 is 1.09 bits per heavy atom. The van der Waals surface area contributed by atoms with Gasteiger partial charge < -0.3 is 10.1 Å². The van der Waals surface area contributed by atoms with Gasteiger partial charge >= 0.3 is 0 Å². The van der Waals surface area contributed by atoms with Crippen LogP contribution < -0.4 is 10.1 Å². The van der Waals surface area contributed by atoms with Crippen LogP contribution in [-0.4, -0.2) is 16.1 Å². The average Bonchev–Trinajstić information content (AvgIpc) is 3.06. The first-order valence-electron chi connectivity index (χ1n) is 6.56. The number of para-hydroxylation sites is 2. The number of rotatable bonds is 4. The Labute approximate surface area is 125 Å². The topological polar surface area (TPSA) is 67.0 Å². The summed E-state index contributed by atoms with van der Waals surface area (Å²) in [5, 5.41) is 8.70. The van der Waals surface area contributed by atoms with Gasteiger partial charge in [-0.3, -0.25) is 9.89 Å². The SMILES string of the molecule is O=C(Nc1c(F)cccc1Oc1ccccc1)c1ccn[nH]1. The number of aromatic nitrogens is 2. The number of benzene rings is 2. The van der Waals surface area contributed by atoms with Gasteiger partial charge in [0, 0.05) is 6.20 Å². The maximum Gasteiger partial charge on any atom is 0.273 e. The summed E-state index contributed by atoms with van der Waals surface area (Å²) < 4.78 is 19.7. The van der Waals surface area contributed by atoms with E-state index in [0.29, 0.717) is 5.75 Å². The van der Waals surface area contributed by atoms with Gasteiger partial charge in [-0.2, -0.15) is 5.10 Å². The Bertz CT molecular complexity index is 773. The van der Waals surface area contributed by atoms with Crippen LogP contribution in [0.25, 0.3) is 0 Å². The molecule has 0 spiro atoms. The second-order valence-electron chi connectivity index (χ2n) is 4.45. The predicted octanol–water partition coefficient (Wildman–Crippen LogP) is 3.59. The summed E-state index contributed by atoms with van der Waals surface area (Å²) in [5.74, 6) is -0.314. The average molecular weight is 297 g/mol. The van der Waals surface area contributed by atoms with Crippen LogP contribution in [-0.2, 0) is 0 Å². The zero-order valence-corrected chi connectivity index (χ0v) is 11.4. The first-order chi connectivity index (χ1) is 10.7. The number of carbonyl (C=O) groups is 1. The molecule has 0 aliphatic heterocycles. The minimum absolute atomic E-state index is 0.0223. The van der Waals surface area contributed by atoms with E-state index in [9.17, 15) is 9.18 Å². The van der Waals surface area contributed by atoms with E-state index in [0.717, 1.165) is 0 Å². The molecule has 22 heavy (non-hydrogen) atoms. The van der Waals surface area contributed by atoms with Crippen molar-refractivity contribution in [3.05, 3.63) is 72.3 Å². The number of halogens is 1. The minimum Gasteiger partial charge on any atom is -0.455 e. The van der Waals surface area contributed by atoms with Crippen LogP contribution in [0.2, 0.25) is 0 Å². The molecule has 0 fully saturated rings. The van der Waals surface area contributed by atoms with Crippen molar-refractivity contribution in [2.75, 3.05) is 5.32 Å². The summed E-state index contributed by atoms with van der Waals surface area (Å²) >= 11 is 0. The van der Waals surface area contributed by atoms with Crippen molar-refractivity contribution >= 4 is 11.6 Å². The van der Waals surface area contributed by atoms with Gasteiger partial charge in [-0.1, -0.05) is 24.3 Å². The molecule has 1 aromatic heterocycles. The smallest absolute Gasteiger partial charge is 0.273 e. The Kier molecular flexibility index (Phi) is 3.82. The Balaban J connectivity index is 1.88. The summed E-state index contributed by atoms with van der Waals surface area (Å²) in [5.41, 5.74) is 0.208. The zero-order chi connectivity index (χ0) is 15.4. The molecule has 110 valence electrons. The summed E-state index contributed by atoms with van der Waals surface area (Å²) in [6, 6.07) is 14.8. The molecule has 1 heterocycles. The lowest BCUT2D eigenvalue weighted by Gasteiger charge is -2.12. The van der Waals surface area contributed by atoms with E-state index in [1.54, 1.807) is 30.3 Å². The molecule has 0 aliphatic rings. The van der Waals surface area contributed by atoms with Crippen molar-refractivity contribution in [1.82, 2.24) is 10.2 Å². The van der Waals surface area contributed by atoms with Gasteiger partial charge in [-0.15, -0.1) is 0 Å². The van der Waals surface area contributed by atoms with E-state index in [-0.39, 0.29) is 17.1 Å². The molecule has 0 aliphatic carbocycles. The summed E-state index contributed by atoms with van der Waals surface area (Å²) in [4.78, 5) is 12.0. The fraction of sp³-hybridized carbons (Fsp3) is 0. The van der Waals surface area contributed by atoms with Crippen molar-refractivity contribution in [3.8, 4) is 11.5 Å². The number of anilines is 1. The second kappa shape index (κ2) is 6.09. The van der Waals surface area contributed by atoms with Crippen molar-refractivity contribution in [3.63, 3.8) is 0 Å². The monoisotopic (exact) mass is 297 g/mol. The number of hydrogen-bond donors (Lipinski definition) is 2. The quantitative estimate of drug-likeness (QED) is 0.773. The van der Waals surface area contributed by atoms with Crippen LogP contribution in [0, 0.1) is 5.82 Å². The van der Waals surface area contributed by atoms with Crippen molar-refractivity contribution in [2.45, 2.75) is 0 Å². The predicted molar refractivity (Wildman–Crippen MR) is 79.5 cm³/mol. The molecule has 5 nitrogen and oxygen atoms in total. The molecule has 0 atom stereocenters. The van der Waals surface area contributed by atoms with Crippen molar-refractivity contribution in [1.29, 1.82) is 0 Å². The number of nitrogens with zero attached hydrogens (tertiary/aromatic N) is 1. The highest BCUT2D eigenvalue weighted by Crippen LogP contribution is 2.31. The van der Waals surface area contributed by atoms with E-state index in [4.69, 9.17) is 4.74 Å². The van der Waals surface area contributed by atoms with Crippen molar-refractivity contribution in [2.24, 2.45) is 0 Å². The van der Waals surface area contributed by atoms with Gasteiger partial charge in [0.2, 0.25) is 0 Å². The lowest BCUT2D eigenvalue weighted by molar-refractivity contribution is 0.102. The van der Waals surface area contributed by atoms with Crippen LogP contribution >= 0.6 is 0 Å². The molecule has 0 radical (unpaired) electrons. The van der Waals surface area contributed by atoms with E-state index in [2.05, 4.69) is 15.5 Å². The lowest BCUT2D eigenvalue weighted by Crippen LogP contribution is -2.14. The van der Waals surface area contributed by atoms with E-state index < -0.39 is 11.7 Å². The standard InChI is InChI=1S/C16H12FN3O2/c17-12-7-4-8-14(22-11-5-2-1-3-6-11)15(12)19-16(21)13-9-10-18-20-13/h1-10H,(H,18,20)(H,19,21). The molecule has 0 bridgehead atoms. The first kappa shape index (κ1) is 13.8. The maximum absolute atomic E-state index is 14.0. The molecule has 0 saturated carbocycles. The molecule has 0 unspecified atom stereocenters. The number of H-pyrrole nitrogens is 1. The molecular formula is C16H12FN3O2. The van der Waals surface area contributed by atoms with Gasteiger partial charge in [-0.05, 0) is 30.3 Å². The number of nitrogens with one attached hydrogen (secondary N) is 2. The molecule has 2 aromatic carbocycles. The Hall–Kier alpha value is -3.15. The Morgan fingerprint density at radius 3 is 2.64 bits per heavy atom. The fourth-order valence-electron chi connectivity index (χ4n) is 1.89. The third kappa shape index (κ3) is 2.95. The molecule has 2 N–H and O–H groups in total. The zero-order valence-electron chi connectivity index (χ0n) is 11.4. The number of carbonyl (C=O) groups excluding carboxylic acids is 1. The van der Waals surface area contributed by atoms with Gasteiger partial charge in [0.25, 0.3) is 5.91 Å². The number of aromatic amines is 1. The lowest BCUT2D eigenvalue weighted by atomic mass is 10.2. The fourth-order valence-corrected chi connectivity index (χ4v) is 1.89. The van der Waals surface area contributed by atoms with Crippen molar-refractivity contribution < 1.29 is 13.9 Å². The highest BCUT2D eigenvalue weighted by Gasteiger charge is 2.15. The largest absolute Gasteiger partial charge is 0.455 e. The van der Waals surface area contributed by atoms with Crippen LogP contribution in [0.5, 0.6) is 11.5 Å². The second-order valence-corrected chi connectivity index (χ2v) is 4.45. The summed E-state index contributed by atoms with van der Waals surface area (Å²) in [6.45, 7) is 0. The van der Waals surface area contributed by atoms with E-state index in [1.807, 2.05) is 6.07 Å². The molecule has 0 saturated heterocycles. The Morgan fingerprint density at radius 2 is 1.91 bits per heavy atom. The maximum atomic E-state index is 14.0. The highest BCUT2D eigenvalue weighted by molar-refractivity contribution is 6.03. The first-order valence-corrected chi connectivity index (χ1v) is 6.56. The molecule has 3 aromatic rings. The molecule has 3 rings (SSSR count). The van der Waals surface area contributed by atoms with Crippen LogP contribution in [0.15, 0.2) is 60.8 Å². The normalized spacial score (nSPS) is 10.2. The van der Waals surface area contributed by atoms with E-state index in [1.165, 1.54) is 24.4 Å². The highest BCUT2D eigenvalue weighted by atomic mass is 19.1. The van der Waals surface area contributed by atoms with E-state index >= 15 is 0 Å². The van der Waals surface area contributed by atoms with Crippen LogP contribution in [0.3, 0.4) is 0 Å². The van der Waals surface area contributed by atoms with Gasteiger partial charge in [0.1, 0.15) is 17.1 Å². The third-order valence-electron chi connectivity index (χ3n) is 2.93. The molecule has 6 heteroatoms. The van der Waals surface area contributed by atoms with Crippen LogP contribution in [0.4, 0.5) is 10.1 Å². The third-order valence-corrected chi connectivity index (χ3v) is 2.93.